The molecular weight excluding hydrogens is 368 g/mol. The van der Waals surface area contributed by atoms with Gasteiger partial charge in [-0.3, -0.25) is 9.54 Å². The number of fused-ring (bicyclic) bond motifs is 1. The molecule has 0 aliphatic carbocycles. The predicted molar refractivity (Wildman–Crippen MR) is 106 cm³/mol. The van der Waals surface area contributed by atoms with Gasteiger partial charge in [0.2, 0.25) is 11.3 Å². The lowest BCUT2D eigenvalue weighted by Crippen LogP contribution is -2.37. The summed E-state index contributed by atoms with van der Waals surface area (Å²) in [6, 6.07) is 5.96. The first kappa shape index (κ1) is 19.8. The molecule has 3 rings (SSSR count). The van der Waals surface area contributed by atoms with Crippen LogP contribution < -0.4 is 24.6 Å². The highest BCUT2D eigenvalue weighted by Gasteiger charge is 2.21. The Labute approximate surface area is 161 Å². The van der Waals surface area contributed by atoms with E-state index in [1.807, 2.05) is 18.3 Å². The number of piperidine rings is 1. The fourth-order valence-electron chi connectivity index (χ4n) is 3.59. The molecule has 0 saturated carbocycles. The summed E-state index contributed by atoms with van der Waals surface area (Å²) in [5.41, 5.74) is 4.83. The van der Waals surface area contributed by atoms with Crippen molar-refractivity contribution in [1.82, 2.24) is 15.2 Å². The van der Waals surface area contributed by atoms with Crippen molar-refractivity contribution in [2.75, 3.05) is 38.8 Å². The lowest BCUT2D eigenvalue weighted by atomic mass is 9.93. The standard InChI is InChI=1S/C18H26N4O4S/c1-25-17-11-14-15(12-18(17)26-2)19-7-4-16(14)22-9-5-13(6-10-22)3-8-20-21-27(23)24/h4,7,11-13,20-21H,3,5-6,8-10H2,1-2H3,(H,23,24). The summed E-state index contributed by atoms with van der Waals surface area (Å²) in [6.07, 6.45) is 4.97. The third-order valence-corrected chi connectivity index (χ3v) is 5.34. The Morgan fingerprint density at radius 1 is 1.26 bits per heavy atom. The number of nitrogens with one attached hydrogen (secondary N) is 2. The number of hydrazine groups is 1. The normalized spacial score (nSPS) is 16.5. The van der Waals surface area contributed by atoms with E-state index in [9.17, 15) is 4.21 Å². The fourth-order valence-corrected chi connectivity index (χ4v) is 3.81. The molecule has 1 saturated heterocycles. The number of pyridine rings is 1. The molecule has 1 aromatic heterocycles. The molecule has 27 heavy (non-hydrogen) atoms. The van der Waals surface area contributed by atoms with Crippen LogP contribution in [-0.2, 0) is 11.3 Å². The summed E-state index contributed by atoms with van der Waals surface area (Å²) in [7, 11) is 3.27. The first-order chi connectivity index (χ1) is 13.1. The molecule has 1 fully saturated rings. The molecule has 1 atom stereocenters. The highest BCUT2D eigenvalue weighted by atomic mass is 32.2. The molecule has 1 aliphatic rings. The molecule has 2 heterocycles. The quantitative estimate of drug-likeness (QED) is 0.358. The Hall–Kier alpha value is -1.94. The molecule has 148 valence electrons. The molecule has 0 radical (unpaired) electrons. The van der Waals surface area contributed by atoms with Gasteiger partial charge < -0.3 is 14.4 Å². The van der Waals surface area contributed by atoms with Crippen LogP contribution in [0.3, 0.4) is 0 Å². The number of rotatable bonds is 8. The minimum Gasteiger partial charge on any atom is -0.493 e. The molecule has 8 nitrogen and oxygen atoms in total. The zero-order valence-electron chi connectivity index (χ0n) is 15.6. The topological polar surface area (TPSA) is 96.0 Å². The van der Waals surface area contributed by atoms with Gasteiger partial charge in [0.25, 0.3) is 0 Å². The van der Waals surface area contributed by atoms with E-state index < -0.39 is 11.3 Å². The van der Waals surface area contributed by atoms with E-state index in [4.69, 9.17) is 14.0 Å². The molecule has 3 N–H and O–H groups in total. The van der Waals surface area contributed by atoms with Crippen LogP contribution in [0.15, 0.2) is 24.4 Å². The Balaban J connectivity index is 1.67. The van der Waals surface area contributed by atoms with Gasteiger partial charge in [0.05, 0.1) is 19.7 Å². The minimum atomic E-state index is -2.02. The Morgan fingerprint density at radius 3 is 2.63 bits per heavy atom. The Bertz CT molecular complexity index is 796. The number of benzene rings is 1. The van der Waals surface area contributed by atoms with E-state index in [1.54, 1.807) is 14.2 Å². The second-order valence-corrected chi connectivity index (χ2v) is 7.25. The maximum Gasteiger partial charge on any atom is 0.245 e. The second-order valence-electron chi connectivity index (χ2n) is 6.55. The van der Waals surface area contributed by atoms with Crippen molar-refractivity contribution in [3.8, 4) is 11.5 Å². The number of ether oxygens (including phenoxy) is 2. The summed E-state index contributed by atoms with van der Waals surface area (Å²) >= 11 is -2.02. The SMILES string of the molecule is COc1cc2nccc(N3CCC(CCNNS(=O)O)CC3)c2cc1OC. The van der Waals surface area contributed by atoms with Crippen LogP contribution in [0.4, 0.5) is 5.69 Å². The van der Waals surface area contributed by atoms with Gasteiger partial charge in [0.1, 0.15) is 0 Å². The van der Waals surface area contributed by atoms with Gasteiger partial charge in [0, 0.05) is 43.0 Å². The van der Waals surface area contributed by atoms with E-state index in [-0.39, 0.29) is 0 Å². The van der Waals surface area contributed by atoms with Crippen LogP contribution in [0.25, 0.3) is 10.9 Å². The first-order valence-corrected chi connectivity index (χ1v) is 10.1. The summed E-state index contributed by atoms with van der Waals surface area (Å²) < 4.78 is 30.1. The molecule has 0 bridgehead atoms. The molecule has 1 aromatic carbocycles. The smallest absolute Gasteiger partial charge is 0.245 e. The lowest BCUT2D eigenvalue weighted by Gasteiger charge is -2.34. The third-order valence-electron chi connectivity index (χ3n) is 5.02. The molecule has 2 aromatic rings. The fraction of sp³-hybridized carbons (Fsp3) is 0.500. The largest absolute Gasteiger partial charge is 0.493 e. The highest BCUT2D eigenvalue weighted by molar-refractivity contribution is 7.77. The Kier molecular flexibility index (Phi) is 6.84. The lowest BCUT2D eigenvalue weighted by molar-refractivity contribution is 0.355. The predicted octanol–water partition coefficient (Wildman–Crippen LogP) is 2.09. The molecule has 1 unspecified atom stereocenters. The van der Waals surface area contributed by atoms with Crippen molar-refractivity contribution in [2.45, 2.75) is 19.3 Å². The van der Waals surface area contributed by atoms with Gasteiger partial charge in [-0.25, -0.2) is 9.63 Å². The average molecular weight is 394 g/mol. The van der Waals surface area contributed by atoms with Gasteiger partial charge in [-0.05, 0) is 37.3 Å². The summed E-state index contributed by atoms with van der Waals surface area (Å²) in [5, 5.41) is 1.06. The number of nitrogens with zero attached hydrogens (tertiary/aromatic N) is 2. The van der Waals surface area contributed by atoms with Crippen LogP contribution >= 0.6 is 0 Å². The van der Waals surface area contributed by atoms with E-state index in [1.165, 1.54) is 0 Å². The second kappa shape index (κ2) is 9.32. The average Bonchev–Trinajstić information content (AvgIpc) is 2.70. The zero-order chi connectivity index (χ0) is 19.2. The van der Waals surface area contributed by atoms with Crippen LogP contribution in [-0.4, -0.2) is 47.6 Å². The van der Waals surface area contributed by atoms with Crippen molar-refractivity contribution in [2.24, 2.45) is 5.92 Å². The number of aromatic nitrogens is 1. The van der Waals surface area contributed by atoms with Crippen molar-refractivity contribution < 1.29 is 18.2 Å². The minimum absolute atomic E-state index is 0.602. The number of anilines is 1. The van der Waals surface area contributed by atoms with Crippen molar-refractivity contribution in [3.63, 3.8) is 0 Å². The maximum atomic E-state index is 10.6. The molecular formula is C18H26N4O4S. The van der Waals surface area contributed by atoms with Gasteiger partial charge >= 0.3 is 0 Å². The maximum absolute atomic E-state index is 10.6. The van der Waals surface area contributed by atoms with Crippen molar-refractivity contribution in [1.29, 1.82) is 0 Å². The summed E-state index contributed by atoms with van der Waals surface area (Å²) in [4.78, 5) is 9.17. The van der Waals surface area contributed by atoms with Crippen molar-refractivity contribution in [3.05, 3.63) is 24.4 Å². The van der Waals surface area contributed by atoms with E-state index >= 15 is 0 Å². The van der Waals surface area contributed by atoms with Gasteiger partial charge in [0.15, 0.2) is 11.5 Å². The van der Waals surface area contributed by atoms with E-state index in [0.29, 0.717) is 24.0 Å². The van der Waals surface area contributed by atoms with Gasteiger partial charge in [-0.15, -0.1) is 0 Å². The summed E-state index contributed by atoms with van der Waals surface area (Å²) in [5.74, 6) is 1.98. The summed E-state index contributed by atoms with van der Waals surface area (Å²) in [6.45, 7) is 2.61. The molecule has 0 amide bonds. The van der Waals surface area contributed by atoms with Crippen molar-refractivity contribution >= 4 is 27.9 Å². The number of methoxy groups -OCH3 is 2. The van der Waals surface area contributed by atoms with Crippen LogP contribution in [0.1, 0.15) is 19.3 Å². The van der Waals surface area contributed by atoms with Gasteiger partial charge in [-0.2, -0.15) is 4.83 Å². The molecule has 1 aliphatic heterocycles. The number of hydrogen-bond donors (Lipinski definition) is 3. The Morgan fingerprint density at radius 2 is 1.96 bits per heavy atom. The van der Waals surface area contributed by atoms with Crippen LogP contribution in [0.2, 0.25) is 0 Å². The van der Waals surface area contributed by atoms with Crippen LogP contribution in [0.5, 0.6) is 11.5 Å². The first-order valence-electron chi connectivity index (χ1n) is 8.97. The van der Waals surface area contributed by atoms with Crippen LogP contribution in [0, 0.1) is 5.92 Å². The van der Waals surface area contributed by atoms with E-state index in [2.05, 4.69) is 26.2 Å². The zero-order valence-corrected chi connectivity index (χ0v) is 16.4. The molecule has 9 heteroatoms. The highest BCUT2D eigenvalue weighted by Crippen LogP contribution is 2.36. The molecule has 0 spiro atoms. The van der Waals surface area contributed by atoms with Gasteiger partial charge in [-0.1, -0.05) is 0 Å². The third kappa shape index (κ3) is 4.86. The number of hydrogen-bond acceptors (Lipinski definition) is 6. The monoisotopic (exact) mass is 394 g/mol. The van der Waals surface area contributed by atoms with E-state index in [0.717, 1.165) is 48.9 Å².